The third kappa shape index (κ3) is 4.76. The average Bonchev–Trinajstić information content (AvgIpc) is 2.54. The third-order valence-corrected chi connectivity index (χ3v) is 2.99. The number of hydrogen-bond donors (Lipinski definition) is 1. The Kier molecular flexibility index (Phi) is 6.87. The molecule has 2 aromatic rings. The van der Waals surface area contributed by atoms with Crippen molar-refractivity contribution in [1.82, 2.24) is 10.3 Å². The van der Waals surface area contributed by atoms with Gasteiger partial charge in [-0.25, -0.2) is 0 Å². The summed E-state index contributed by atoms with van der Waals surface area (Å²) in [6.07, 6.45) is 3.10. The van der Waals surface area contributed by atoms with Gasteiger partial charge in [0, 0.05) is 6.20 Å². The van der Waals surface area contributed by atoms with Gasteiger partial charge in [0.05, 0.1) is 11.7 Å². The molecular weight excluding hydrogens is 294 g/mol. The first-order valence-corrected chi connectivity index (χ1v) is 6.59. The molecule has 1 aromatic heterocycles. The van der Waals surface area contributed by atoms with Crippen LogP contribution in [-0.4, -0.2) is 10.9 Å². The van der Waals surface area contributed by atoms with E-state index in [1.807, 2.05) is 43.3 Å². The first-order chi connectivity index (χ1) is 10.2. The van der Waals surface area contributed by atoms with Gasteiger partial charge < -0.3 is 5.32 Å². The van der Waals surface area contributed by atoms with E-state index in [9.17, 15) is 4.79 Å². The Morgan fingerprint density at radius 1 is 1.23 bits per heavy atom. The van der Waals surface area contributed by atoms with E-state index in [1.165, 1.54) is 6.08 Å². The fourth-order valence-electron chi connectivity index (χ4n) is 1.86. The number of carbonyl (C=O) groups excluding carboxylic acids is 1. The summed E-state index contributed by atoms with van der Waals surface area (Å²) in [5.74, 6) is -0.403. The van der Waals surface area contributed by atoms with Gasteiger partial charge in [-0.3, -0.25) is 9.78 Å². The molecule has 1 N–H and O–H groups in total. The van der Waals surface area contributed by atoms with Crippen LogP contribution in [0.5, 0.6) is 0 Å². The molecule has 0 unspecified atom stereocenters. The van der Waals surface area contributed by atoms with Crippen LogP contribution in [0.4, 0.5) is 0 Å². The molecule has 4 nitrogen and oxygen atoms in total. The van der Waals surface area contributed by atoms with Crippen LogP contribution in [0.2, 0.25) is 0 Å². The first-order valence-electron chi connectivity index (χ1n) is 6.59. The number of amides is 1. The summed E-state index contributed by atoms with van der Waals surface area (Å²) in [4.78, 5) is 16.2. The van der Waals surface area contributed by atoms with Crippen LogP contribution in [0.3, 0.4) is 0 Å². The molecule has 112 valence electrons. The van der Waals surface area contributed by atoms with Gasteiger partial charge in [-0.2, -0.15) is 18.8 Å². The number of carbonyl (C=O) groups is 1. The molecule has 22 heavy (non-hydrogen) atoms. The number of nitrogens with one attached hydrogen (secondary N) is 1. The van der Waals surface area contributed by atoms with E-state index in [0.717, 1.165) is 5.56 Å². The van der Waals surface area contributed by atoms with Crippen LogP contribution in [0.1, 0.15) is 24.2 Å². The summed E-state index contributed by atoms with van der Waals surface area (Å²) in [7, 11) is 0. The minimum atomic E-state index is -0.403. The zero-order valence-electron chi connectivity index (χ0n) is 12.2. The lowest BCUT2D eigenvalue weighted by Crippen LogP contribution is -2.27. The number of rotatable bonds is 4. The molecule has 0 aliphatic carbocycles. The molecule has 5 heteroatoms. The van der Waals surface area contributed by atoms with Gasteiger partial charge >= 0.3 is 0 Å². The van der Waals surface area contributed by atoms with Gasteiger partial charge in [-0.15, -0.1) is 0 Å². The number of pyridine rings is 1. The molecule has 0 aliphatic rings. The van der Waals surface area contributed by atoms with Crippen LogP contribution in [0, 0.1) is 11.3 Å². The van der Waals surface area contributed by atoms with Crippen molar-refractivity contribution in [3.63, 3.8) is 0 Å². The molecule has 1 atom stereocenters. The monoisotopic (exact) mass is 311 g/mol. The summed E-state index contributed by atoms with van der Waals surface area (Å²) in [5.41, 5.74) is 1.61. The molecular formula is C17H17N3OS. The van der Waals surface area contributed by atoms with E-state index >= 15 is 0 Å². The zero-order chi connectivity index (χ0) is 15.1. The summed E-state index contributed by atoms with van der Waals surface area (Å²) in [6, 6.07) is 16.7. The highest BCUT2D eigenvalue weighted by Crippen LogP contribution is 2.12. The Balaban J connectivity index is 0.00000242. The van der Waals surface area contributed by atoms with E-state index in [1.54, 1.807) is 24.4 Å². The molecule has 0 saturated carbocycles. The van der Waals surface area contributed by atoms with Crippen molar-refractivity contribution >= 4 is 25.5 Å². The predicted octanol–water partition coefficient (Wildman–Crippen LogP) is 2.98. The van der Waals surface area contributed by atoms with Gasteiger partial charge in [0.15, 0.2) is 0 Å². The van der Waals surface area contributed by atoms with Crippen LogP contribution in [-0.2, 0) is 4.79 Å². The number of benzene rings is 1. The van der Waals surface area contributed by atoms with Crippen LogP contribution in [0.25, 0.3) is 6.08 Å². The van der Waals surface area contributed by atoms with E-state index in [4.69, 9.17) is 5.26 Å². The molecule has 0 saturated heterocycles. The predicted molar refractivity (Wildman–Crippen MR) is 91.2 cm³/mol. The van der Waals surface area contributed by atoms with Crippen molar-refractivity contribution in [3.05, 3.63) is 71.6 Å². The maximum absolute atomic E-state index is 12.1. The maximum Gasteiger partial charge on any atom is 0.262 e. The van der Waals surface area contributed by atoms with Gasteiger partial charge in [0.25, 0.3) is 5.91 Å². The highest BCUT2D eigenvalue weighted by atomic mass is 32.1. The molecule has 1 amide bonds. The molecule has 0 spiro atoms. The number of aromatic nitrogens is 1. The van der Waals surface area contributed by atoms with Crippen LogP contribution >= 0.6 is 13.5 Å². The largest absolute Gasteiger partial charge is 0.345 e. The van der Waals surface area contributed by atoms with Gasteiger partial charge in [0.1, 0.15) is 11.6 Å². The van der Waals surface area contributed by atoms with Crippen molar-refractivity contribution < 1.29 is 4.79 Å². The second-order valence-corrected chi connectivity index (χ2v) is 4.53. The molecule has 0 fully saturated rings. The molecule has 1 aromatic carbocycles. The lowest BCUT2D eigenvalue weighted by molar-refractivity contribution is -0.117. The summed E-state index contributed by atoms with van der Waals surface area (Å²) >= 11 is 0. The number of hydrogen-bond acceptors (Lipinski definition) is 3. The van der Waals surface area contributed by atoms with Gasteiger partial charge in [-0.05, 0) is 30.7 Å². The molecule has 0 aliphatic heterocycles. The van der Waals surface area contributed by atoms with Crippen LogP contribution < -0.4 is 5.32 Å². The maximum atomic E-state index is 12.1. The Morgan fingerprint density at radius 3 is 2.50 bits per heavy atom. The van der Waals surface area contributed by atoms with E-state index in [-0.39, 0.29) is 25.1 Å². The lowest BCUT2D eigenvalue weighted by atomic mass is 10.1. The molecule has 0 radical (unpaired) electrons. The summed E-state index contributed by atoms with van der Waals surface area (Å²) in [6.45, 7) is 1.88. The number of nitriles is 1. The smallest absolute Gasteiger partial charge is 0.262 e. The van der Waals surface area contributed by atoms with Crippen molar-refractivity contribution in [1.29, 1.82) is 5.26 Å². The van der Waals surface area contributed by atoms with Gasteiger partial charge in [-0.1, -0.05) is 36.4 Å². The van der Waals surface area contributed by atoms with E-state index < -0.39 is 5.91 Å². The quantitative estimate of drug-likeness (QED) is 0.697. The summed E-state index contributed by atoms with van der Waals surface area (Å²) < 4.78 is 0. The Bertz CT molecular complexity index is 678. The van der Waals surface area contributed by atoms with Gasteiger partial charge in [0.2, 0.25) is 0 Å². The average molecular weight is 311 g/mol. The van der Waals surface area contributed by atoms with E-state index in [2.05, 4.69) is 10.3 Å². The van der Waals surface area contributed by atoms with Crippen LogP contribution in [0.15, 0.2) is 60.3 Å². The molecule has 0 bridgehead atoms. The second kappa shape index (κ2) is 8.65. The van der Waals surface area contributed by atoms with Crippen molar-refractivity contribution in [3.8, 4) is 6.07 Å². The van der Waals surface area contributed by atoms with Crippen molar-refractivity contribution in [2.75, 3.05) is 0 Å². The molecule has 1 heterocycles. The highest BCUT2D eigenvalue weighted by molar-refractivity contribution is 7.59. The molecule has 2 rings (SSSR count). The first kappa shape index (κ1) is 17.5. The zero-order valence-corrected chi connectivity index (χ0v) is 13.2. The Morgan fingerprint density at radius 2 is 1.91 bits per heavy atom. The highest BCUT2D eigenvalue weighted by Gasteiger charge is 2.13. The Hall–Kier alpha value is -2.58. The van der Waals surface area contributed by atoms with Crippen molar-refractivity contribution in [2.45, 2.75) is 13.0 Å². The summed E-state index contributed by atoms with van der Waals surface area (Å²) in [5, 5.41) is 11.9. The second-order valence-electron chi connectivity index (χ2n) is 4.53. The number of nitrogens with zero attached hydrogens (tertiary/aromatic N) is 2. The van der Waals surface area contributed by atoms with E-state index in [0.29, 0.717) is 5.69 Å². The minimum Gasteiger partial charge on any atom is -0.345 e. The topological polar surface area (TPSA) is 65.8 Å². The lowest BCUT2D eigenvalue weighted by Gasteiger charge is -2.13. The third-order valence-electron chi connectivity index (χ3n) is 2.99. The SMILES string of the molecule is C[C@H](NC(=O)/C(C#N)=C/c1ccccn1)c1ccccc1.S. The minimum absolute atomic E-state index is 0. The normalized spacial score (nSPS) is 11.7. The van der Waals surface area contributed by atoms with Crippen molar-refractivity contribution in [2.24, 2.45) is 0 Å². The fraction of sp³-hybridized carbons (Fsp3) is 0.118. The fourth-order valence-corrected chi connectivity index (χ4v) is 1.86. The Labute approximate surface area is 137 Å². The standard InChI is InChI=1S/C17H15N3O.H2S/c1-13(14-7-3-2-4-8-14)20-17(21)15(12-18)11-16-9-5-6-10-19-16;/h2-11,13H,1H3,(H,20,21);1H2/b15-11+;/t13-;/m0./s1.